The van der Waals surface area contributed by atoms with E-state index >= 15 is 0 Å². The minimum Gasteiger partial charge on any atom is -0.374 e. The first-order valence-corrected chi connectivity index (χ1v) is 14.0. The SMILES string of the molecule is CN1CC(c2ccccc2)C2(CCCN(C(=O)[C@@H](CC3CN(C)c4ccccc43)NC(=O)C(C)(C)N)C2)C1=O. The maximum Gasteiger partial charge on any atom is 0.245 e. The minimum absolute atomic E-state index is 0.0122. The molecule has 0 bridgehead atoms. The van der Waals surface area contributed by atoms with Crippen molar-refractivity contribution in [1.29, 1.82) is 0 Å². The number of rotatable bonds is 6. The van der Waals surface area contributed by atoms with Crippen molar-refractivity contribution in [2.75, 3.05) is 45.2 Å². The smallest absolute Gasteiger partial charge is 0.245 e. The van der Waals surface area contributed by atoms with Gasteiger partial charge in [0.2, 0.25) is 17.7 Å². The molecule has 2 fully saturated rings. The maximum absolute atomic E-state index is 14.2. The molecule has 3 aliphatic rings. The Morgan fingerprint density at radius 3 is 2.46 bits per heavy atom. The van der Waals surface area contributed by atoms with Crippen LogP contribution >= 0.6 is 0 Å². The number of nitrogens with two attached hydrogens (primary N) is 1. The summed E-state index contributed by atoms with van der Waals surface area (Å²) in [6.45, 7) is 5.63. The van der Waals surface area contributed by atoms with Crippen LogP contribution in [0.5, 0.6) is 0 Å². The number of hydrogen-bond donors (Lipinski definition) is 2. The standard InChI is InChI=1S/C31H41N5O3/c1-30(2,32)28(38)33-25(17-22-18-34(3)26-14-9-8-13-23(22)26)27(37)36-16-10-15-31(20-36)24(19-35(4)29(31)39)21-11-6-5-7-12-21/h5-9,11-14,22,24-25H,10,15-20,32H2,1-4H3,(H,33,38)/t22?,24?,25-,31?/m1/s1. The number of carbonyl (C=O) groups excluding carboxylic acids is 3. The average Bonchev–Trinajstić information content (AvgIpc) is 3.36. The quantitative estimate of drug-likeness (QED) is 0.597. The Morgan fingerprint density at radius 2 is 1.74 bits per heavy atom. The summed E-state index contributed by atoms with van der Waals surface area (Å²) >= 11 is 0. The van der Waals surface area contributed by atoms with Crippen LogP contribution in [-0.2, 0) is 14.4 Å². The average molecular weight is 532 g/mol. The lowest BCUT2D eigenvalue weighted by Crippen LogP contribution is -2.59. The molecule has 208 valence electrons. The van der Waals surface area contributed by atoms with Gasteiger partial charge in [-0.25, -0.2) is 0 Å². The number of para-hydroxylation sites is 1. The van der Waals surface area contributed by atoms with Crippen molar-refractivity contribution >= 4 is 23.4 Å². The van der Waals surface area contributed by atoms with E-state index in [-0.39, 0.29) is 29.6 Å². The van der Waals surface area contributed by atoms with Gasteiger partial charge in [0.05, 0.1) is 11.0 Å². The van der Waals surface area contributed by atoms with Crippen LogP contribution in [0.25, 0.3) is 0 Å². The topological polar surface area (TPSA) is 99.0 Å². The van der Waals surface area contributed by atoms with Gasteiger partial charge < -0.3 is 25.8 Å². The van der Waals surface area contributed by atoms with E-state index in [1.807, 2.05) is 47.2 Å². The fraction of sp³-hybridized carbons (Fsp3) is 0.516. The summed E-state index contributed by atoms with van der Waals surface area (Å²) < 4.78 is 0. The van der Waals surface area contributed by atoms with Gasteiger partial charge in [0.25, 0.3) is 0 Å². The second-order valence-electron chi connectivity index (χ2n) is 12.3. The lowest BCUT2D eigenvalue weighted by molar-refractivity contribution is -0.146. The van der Waals surface area contributed by atoms with Crippen LogP contribution in [0.3, 0.4) is 0 Å². The van der Waals surface area contributed by atoms with Gasteiger partial charge in [-0.2, -0.15) is 0 Å². The Hall–Kier alpha value is -3.39. The van der Waals surface area contributed by atoms with E-state index < -0.39 is 17.0 Å². The van der Waals surface area contributed by atoms with Crippen molar-refractivity contribution in [2.45, 2.75) is 56.5 Å². The summed E-state index contributed by atoms with van der Waals surface area (Å²) in [5, 5.41) is 3.00. The summed E-state index contributed by atoms with van der Waals surface area (Å²) in [6, 6.07) is 17.7. The van der Waals surface area contributed by atoms with Crippen LogP contribution in [0.4, 0.5) is 5.69 Å². The van der Waals surface area contributed by atoms with E-state index in [1.165, 1.54) is 5.56 Å². The number of nitrogens with one attached hydrogen (secondary N) is 1. The van der Waals surface area contributed by atoms with Crippen LogP contribution in [-0.4, -0.2) is 79.4 Å². The van der Waals surface area contributed by atoms with Crippen molar-refractivity contribution in [1.82, 2.24) is 15.1 Å². The fourth-order valence-electron chi connectivity index (χ4n) is 6.88. The van der Waals surface area contributed by atoms with Crippen LogP contribution < -0.4 is 16.0 Å². The second-order valence-corrected chi connectivity index (χ2v) is 12.3. The summed E-state index contributed by atoms with van der Waals surface area (Å²) in [7, 11) is 3.91. The zero-order valence-electron chi connectivity index (χ0n) is 23.5. The molecule has 39 heavy (non-hydrogen) atoms. The van der Waals surface area contributed by atoms with Gasteiger partial charge in [0, 0.05) is 57.8 Å². The van der Waals surface area contributed by atoms with E-state index in [1.54, 1.807) is 13.8 Å². The molecule has 3 unspecified atom stereocenters. The summed E-state index contributed by atoms with van der Waals surface area (Å²) in [5.41, 5.74) is 7.82. The van der Waals surface area contributed by atoms with Crippen LogP contribution in [0.2, 0.25) is 0 Å². The molecular formula is C31H41N5O3. The third-order valence-electron chi connectivity index (χ3n) is 8.92. The molecule has 3 amide bonds. The van der Waals surface area contributed by atoms with Crippen molar-refractivity contribution in [3.05, 3.63) is 65.7 Å². The first-order valence-electron chi connectivity index (χ1n) is 14.0. The predicted molar refractivity (Wildman–Crippen MR) is 152 cm³/mol. The summed E-state index contributed by atoms with van der Waals surface area (Å²) in [6.07, 6.45) is 1.96. The van der Waals surface area contributed by atoms with Crippen LogP contribution in [0.15, 0.2) is 54.6 Å². The Kier molecular flexibility index (Phi) is 7.18. The molecule has 0 saturated carbocycles. The molecule has 0 radical (unpaired) electrons. The highest BCUT2D eigenvalue weighted by atomic mass is 16.2. The molecule has 3 heterocycles. The molecule has 2 aromatic rings. The van der Waals surface area contributed by atoms with Gasteiger partial charge >= 0.3 is 0 Å². The number of fused-ring (bicyclic) bond motifs is 1. The Labute approximate surface area is 231 Å². The minimum atomic E-state index is -1.12. The number of likely N-dealkylation sites (N-methyl/N-ethyl adjacent to an activating group) is 2. The molecular weight excluding hydrogens is 490 g/mol. The molecule has 1 spiro atoms. The number of benzene rings is 2. The first-order chi connectivity index (χ1) is 18.5. The van der Waals surface area contributed by atoms with Gasteiger partial charge in [0.1, 0.15) is 6.04 Å². The van der Waals surface area contributed by atoms with Gasteiger partial charge in [-0.3, -0.25) is 14.4 Å². The molecule has 4 atom stereocenters. The largest absolute Gasteiger partial charge is 0.374 e. The molecule has 8 heteroatoms. The number of hydrogen-bond acceptors (Lipinski definition) is 5. The molecule has 2 aromatic carbocycles. The van der Waals surface area contributed by atoms with Crippen molar-refractivity contribution in [3.8, 4) is 0 Å². The number of anilines is 1. The third-order valence-corrected chi connectivity index (χ3v) is 8.92. The van der Waals surface area contributed by atoms with E-state index in [2.05, 4.69) is 41.5 Å². The molecule has 3 N–H and O–H groups in total. The van der Waals surface area contributed by atoms with Gasteiger partial charge in [-0.15, -0.1) is 0 Å². The predicted octanol–water partition coefficient (Wildman–Crippen LogP) is 2.70. The first kappa shape index (κ1) is 27.2. The molecule has 2 saturated heterocycles. The monoisotopic (exact) mass is 531 g/mol. The van der Waals surface area contributed by atoms with Crippen molar-refractivity contribution in [2.24, 2.45) is 11.1 Å². The maximum atomic E-state index is 14.2. The number of amides is 3. The highest BCUT2D eigenvalue weighted by molar-refractivity contribution is 5.93. The van der Waals surface area contributed by atoms with Crippen molar-refractivity contribution < 1.29 is 14.4 Å². The van der Waals surface area contributed by atoms with Crippen molar-refractivity contribution in [3.63, 3.8) is 0 Å². The number of likely N-dealkylation sites (tertiary alicyclic amines) is 2. The second kappa shape index (κ2) is 10.3. The molecule has 0 aromatic heterocycles. The number of nitrogens with zero attached hydrogens (tertiary/aromatic N) is 3. The fourth-order valence-corrected chi connectivity index (χ4v) is 6.88. The number of carbonyl (C=O) groups is 3. The zero-order chi connectivity index (χ0) is 27.9. The summed E-state index contributed by atoms with van der Waals surface area (Å²) in [5.74, 6) is -0.280. The van der Waals surface area contributed by atoms with E-state index in [0.717, 1.165) is 30.6 Å². The molecule has 8 nitrogen and oxygen atoms in total. The molecule has 3 aliphatic heterocycles. The Morgan fingerprint density at radius 1 is 1.05 bits per heavy atom. The molecule has 5 rings (SSSR count). The zero-order valence-corrected chi connectivity index (χ0v) is 23.5. The Bertz CT molecular complexity index is 1240. The van der Waals surface area contributed by atoms with E-state index in [0.29, 0.717) is 26.1 Å². The van der Waals surface area contributed by atoms with Gasteiger partial charge in [-0.05, 0) is 50.3 Å². The molecule has 0 aliphatic carbocycles. The van der Waals surface area contributed by atoms with Gasteiger partial charge in [-0.1, -0.05) is 48.5 Å². The van der Waals surface area contributed by atoms with E-state index in [9.17, 15) is 14.4 Å². The van der Waals surface area contributed by atoms with Crippen LogP contribution in [0.1, 0.15) is 56.1 Å². The lowest BCUT2D eigenvalue weighted by Gasteiger charge is -2.43. The highest BCUT2D eigenvalue weighted by Crippen LogP contribution is 2.49. The van der Waals surface area contributed by atoms with Crippen LogP contribution in [0, 0.1) is 5.41 Å². The third kappa shape index (κ3) is 5.02. The Balaban J connectivity index is 1.43. The van der Waals surface area contributed by atoms with Gasteiger partial charge in [0.15, 0.2) is 0 Å². The number of piperidine rings is 1. The normalized spacial score (nSPS) is 25.7. The highest BCUT2D eigenvalue weighted by Gasteiger charge is 2.56. The summed E-state index contributed by atoms with van der Waals surface area (Å²) in [4.78, 5) is 46.8. The van der Waals surface area contributed by atoms with E-state index in [4.69, 9.17) is 5.73 Å². The lowest BCUT2D eigenvalue weighted by atomic mass is 9.69.